The predicted octanol–water partition coefficient (Wildman–Crippen LogP) is 4.82. The Morgan fingerprint density at radius 1 is 1.00 bits per heavy atom. The van der Waals surface area contributed by atoms with E-state index in [1.54, 1.807) is 6.07 Å². The maximum atomic E-state index is 11.8. The lowest BCUT2D eigenvalue weighted by atomic mass is 10.1. The lowest BCUT2D eigenvalue weighted by Crippen LogP contribution is -1.99. The molecule has 4 aromatic rings. The van der Waals surface area contributed by atoms with Gasteiger partial charge in [-0.25, -0.2) is 4.79 Å². The average Bonchev–Trinajstić information content (AvgIpc) is 3.07. The number of aromatic nitrogens is 2. The molecule has 0 unspecified atom stereocenters. The van der Waals surface area contributed by atoms with Gasteiger partial charge in [0.05, 0.1) is 6.42 Å². The monoisotopic (exact) mass is 428 g/mol. The first-order valence-electron chi connectivity index (χ1n) is 7.89. The minimum absolute atomic E-state index is 0.374. The van der Waals surface area contributed by atoms with Crippen molar-refractivity contribution in [2.45, 2.75) is 17.4 Å². The highest BCUT2D eigenvalue weighted by Crippen LogP contribution is 2.27. The second-order valence-electron chi connectivity index (χ2n) is 5.64. The minimum atomic E-state index is -0.374. The molecular weight excluding hydrogens is 416 g/mol. The molecule has 0 radical (unpaired) electrons. The molecule has 0 aliphatic rings. The highest BCUT2D eigenvalue weighted by Gasteiger charge is 2.11. The molecule has 130 valence electrons. The van der Waals surface area contributed by atoms with Crippen molar-refractivity contribution in [2.75, 3.05) is 0 Å². The maximum absolute atomic E-state index is 11.8. The fraction of sp³-hybridized carbons (Fsp3) is 0.105. The van der Waals surface area contributed by atoms with Crippen LogP contribution in [0.25, 0.3) is 11.0 Å². The lowest BCUT2D eigenvalue weighted by molar-refractivity contribution is 0.420. The van der Waals surface area contributed by atoms with Crippen LogP contribution in [0.3, 0.4) is 0 Å². The predicted molar refractivity (Wildman–Crippen MR) is 103 cm³/mol. The van der Waals surface area contributed by atoms with E-state index in [0.717, 1.165) is 21.0 Å². The van der Waals surface area contributed by atoms with Gasteiger partial charge in [0.2, 0.25) is 5.89 Å². The highest BCUT2D eigenvalue weighted by molar-refractivity contribution is 9.10. The van der Waals surface area contributed by atoms with Crippen LogP contribution in [0.2, 0.25) is 0 Å². The van der Waals surface area contributed by atoms with E-state index in [9.17, 15) is 4.79 Å². The van der Waals surface area contributed by atoms with E-state index in [0.29, 0.717) is 28.9 Å². The van der Waals surface area contributed by atoms with E-state index in [2.05, 4.69) is 26.1 Å². The van der Waals surface area contributed by atoms with E-state index >= 15 is 0 Å². The van der Waals surface area contributed by atoms with Gasteiger partial charge in [0.15, 0.2) is 0 Å². The van der Waals surface area contributed by atoms with Crippen LogP contribution >= 0.6 is 27.7 Å². The molecule has 0 aliphatic heterocycles. The van der Waals surface area contributed by atoms with Crippen LogP contribution in [0.4, 0.5) is 0 Å². The number of hydrogen-bond acceptors (Lipinski definition) is 6. The molecule has 0 spiro atoms. The van der Waals surface area contributed by atoms with E-state index in [4.69, 9.17) is 8.83 Å². The molecular formula is C19H13BrN2O3S. The normalized spacial score (nSPS) is 11.1. The third-order valence-corrected chi connectivity index (χ3v) is 5.15. The fourth-order valence-electron chi connectivity index (χ4n) is 2.60. The van der Waals surface area contributed by atoms with Crippen molar-refractivity contribution in [1.29, 1.82) is 0 Å². The van der Waals surface area contributed by atoms with Crippen molar-refractivity contribution in [3.05, 3.63) is 86.5 Å². The topological polar surface area (TPSA) is 69.1 Å². The van der Waals surface area contributed by atoms with E-state index < -0.39 is 0 Å². The Morgan fingerprint density at radius 3 is 2.69 bits per heavy atom. The summed E-state index contributed by atoms with van der Waals surface area (Å²) in [5.74, 6) is 1.11. The van der Waals surface area contributed by atoms with E-state index in [-0.39, 0.29) is 5.63 Å². The quantitative estimate of drug-likeness (QED) is 0.335. The van der Waals surface area contributed by atoms with Crippen molar-refractivity contribution < 1.29 is 8.83 Å². The summed E-state index contributed by atoms with van der Waals surface area (Å²) in [7, 11) is 0. The largest absolute Gasteiger partial charge is 0.423 e. The first kappa shape index (κ1) is 17.1. The zero-order valence-electron chi connectivity index (χ0n) is 13.5. The van der Waals surface area contributed by atoms with Gasteiger partial charge in [-0.05, 0) is 29.3 Å². The van der Waals surface area contributed by atoms with Crippen LogP contribution in [0, 0.1) is 0 Å². The molecule has 0 saturated heterocycles. The molecule has 0 aliphatic carbocycles. The smallest absolute Gasteiger partial charge is 0.336 e. The summed E-state index contributed by atoms with van der Waals surface area (Å²) >= 11 is 4.79. The number of hydrogen-bond donors (Lipinski definition) is 0. The minimum Gasteiger partial charge on any atom is -0.423 e. The molecule has 4 rings (SSSR count). The molecule has 2 aromatic heterocycles. The van der Waals surface area contributed by atoms with Gasteiger partial charge in [-0.2, -0.15) is 0 Å². The third-order valence-electron chi connectivity index (χ3n) is 3.79. The molecule has 0 N–H and O–H groups in total. The van der Waals surface area contributed by atoms with Crippen LogP contribution < -0.4 is 5.63 Å². The van der Waals surface area contributed by atoms with Gasteiger partial charge in [-0.3, -0.25) is 0 Å². The molecule has 5 nitrogen and oxygen atoms in total. The van der Waals surface area contributed by atoms with Crippen molar-refractivity contribution in [3.8, 4) is 0 Å². The fourth-order valence-corrected chi connectivity index (χ4v) is 3.71. The lowest BCUT2D eigenvalue weighted by Gasteiger charge is -2.04. The summed E-state index contributed by atoms with van der Waals surface area (Å²) in [6, 6.07) is 17.1. The average molecular weight is 429 g/mol. The summed E-state index contributed by atoms with van der Waals surface area (Å²) in [6.45, 7) is 0. The van der Waals surface area contributed by atoms with Crippen molar-refractivity contribution in [3.63, 3.8) is 0 Å². The summed E-state index contributed by atoms with van der Waals surface area (Å²) in [5, 5.41) is 9.55. The van der Waals surface area contributed by atoms with Crippen LogP contribution in [-0.4, -0.2) is 10.2 Å². The van der Waals surface area contributed by atoms with Crippen molar-refractivity contribution in [2.24, 2.45) is 0 Å². The number of nitrogens with zero attached hydrogens (tertiary/aromatic N) is 2. The zero-order valence-corrected chi connectivity index (χ0v) is 15.9. The van der Waals surface area contributed by atoms with Gasteiger partial charge < -0.3 is 8.83 Å². The van der Waals surface area contributed by atoms with E-state index in [1.165, 1.54) is 17.8 Å². The number of halogens is 1. The Hall–Kier alpha value is -2.38. The number of thioether (sulfide) groups is 1. The first-order valence-corrected chi connectivity index (χ1v) is 9.66. The number of benzene rings is 2. The summed E-state index contributed by atoms with van der Waals surface area (Å²) in [5.41, 5.74) is 2.17. The SMILES string of the molecule is O=c1cc(CSc2nnc(Cc3ccccc3)o2)c2ccc(Br)cc2o1. The third kappa shape index (κ3) is 3.89. The van der Waals surface area contributed by atoms with Crippen molar-refractivity contribution >= 4 is 38.7 Å². The van der Waals surface area contributed by atoms with Crippen molar-refractivity contribution in [1.82, 2.24) is 10.2 Å². The van der Waals surface area contributed by atoms with Crippen LogP contribution in [0.15, 0.2) is 77.9 Å². The van der Waals surface area contributed by atoms with Gasteiger partial charge >= 0.3 is 5.63 Å². The van der Waals surface area contributed by atoms with Gasteiger partial charge in [0, 0.05) is 21.7 Å². The molecule has 7 heteroatoms. The molecule has 0 atom stereocenters. The van der Waals surface area contributed by atoms with Gasteiger partial charge in [0.1, 0.15) is 5.58 Å². The Kier molecular flexibility index (Phi) is 4.90. The van der Waals surface area contributed by atoms with Crippen LogP contribution in [0.1, 0.15) is 17.0 Å². The van der Waals surface area contributed by atoms with Gasteiger partial charge in [0.25, 0.3) is 5.22 Å². The highest BCUT2D eigenvalue weighted by atomic mass is 79.9. The first-order chi connectivity index (χ1) is 12.7. The van der Waals surface area contributed by atoms with E-state index in [1.807, 2.05) is 42.5 Å². The number of fused-ring (bicyclic) bond motifs is 1. The molecule has 0 fully saturated rings. The molecule has 0 saturated carbocycles. The number of rotatable bonds is 5. The zero-order chi connectivity index (χ0) is 17.9. The Bertz CT molecular complexity index is 1110. The second-order valence-corrected chi connectivity index (χ2v) is 7.49. The second kappa shape index (κ2) is 7.47. The summed E-state index contributed by atoms with van der Waals surface area (Å²) in [6.07, 6.45) is 0.598. The van der Waals surface area contributed by atoms with Crippen LogP contribution in [0.5, 0.6) is 0 Å². The maximum Gasteiger partial charge on any atom is 0.336 e. The van der Waals surface area contributed by atoms with Crippen LogP contribution in [-0.2, 0) is 12.2 Å². The Balaban J connectivity index is 1.51. The molecule has 0 amide bonds. The molecule has 2 heterocycles. The summed E-state index contributed by atoms with van der Waals surface area (Å²) in [4.78, 5) is 11.8. The summed E-state index contributed by atoms with van der Waals surface area (Å²) < 4.78 is 11.8. The standard InChI is InChI=1S/C19H13BrN2O3S/c20-14-6-7-15-13(9-18(23)24-16(15)10-14)11-26-19-22-21-17(25-19)8-12-4-2-1-3-5-12/h1-7,9-10H,8,11H2. The Labute approximate surface area is 161 Å². The molecule has 0 bridgehead atoms. The van der Waals surface area contributed by atoms with Gasteiger partial charge in [-0.1, -0.05) is 58.0 Å². The molecule has 26 heavy (non-hydrogen) atoms. The molecule has 2 aromatic carbocycles. The Morgan fingerprint density at radius 2 is 1.85 bits per heavy atom. The van der Waals surface area contributed by atoms with Gasteiger partial charge in [-0.15, -0.1) is 10.2 Å².